The predicted molar refractivity (Wildman–Crippen MR) is 73.7 cm³/mol. The number of carbonyl (C=O) groups excluding carboxylic acids is 1. The molecule has 4 nitrogen and oxygen atoms in total. The van der Waals surface area contributed by atoms with Gasteiger partial charge in [-0.2, -0.15) is 0 Å². The first kappa shape index (κ1) is 15.3. The first-order valence-corrected chi connectivity index (χ1v) is 7.68. The van der Waals surface area contributed by atoms with Crippen molar-refractivity contribution in [1.29, 1.82) is 0 Å². The zero-order valence-corrected chi connectivity index (χ0v) is 12.0. The number of aliphatic carboxylic acids is 1. The van der Waals surface area contributed by atoms with Gasteiger partial charge in [-0.1, -0.05) is 26.7 Å². The van der Waals surface area contributed by atoms with E-state index >= 15 is 0 Å². The summed E-state index contributed by atoms with van der Waals surface area (Å²) in [5, 5.41) is 11.4. The molecule has 1 aliphatic carbocycles. The molecule has 0 bridgehead atoms. The van der Waals surface area contributed by atoms with E-state index in [2.05, 4.69) is 5.32 Å². The van der Waals surface area contributed by atoms with Gasteiger partial charge in [0.05, 0.1) is 5.75 Å². The Kier molecular flexibility index (Phi) is 5.99. The maximum absolute atomic E-state index is 12.1. The van der Waals surface area contributed by atoms with Gasteiger partial charge in [-0.15, -0.1) is 11.8 Å². The van der Waals surface area contributed by atoms with E-state index in [-0.39, 0.29) is 17.1 Å². The zero-order valence-electron chi connectivity index (χ0n) is 11.2. The fourth-order valence-electron chi connectivity index (χ4n) is 2.46. The monoisotopic (exact) mass is 273 g/mol. The van der Waals surface area contributed by atoms with Crippen molar-refractivity contribution in [1.82, 2.24) is 5.32 Å². The Morgan fingerprint density at radius 1 is 1.33 bits per heavy atom. The van der Waals surface area contributed by atoms with Gasteiger partial charge < -0.3 is 10.4 Å². The highest BCUT2D eigenvalue weighted by molar-refractivity contribution is 7.99. The van der Waals surface area contributed by atoms with Gasteiger partial charge >= 0.3 is 5.97 Å². The van der Waals surface area contributed by atoms with Gasteiger partial charge in [0.25, 0.3) is 0 Å². The van der Waals surface area contributed by atoms with Crippen LogP contribution in [-0.2, 0) is 9.59 Å². The molecule has 104 valence electrons. The van der Waals surface area contributed by atoms with Crippen LogP contribution in [0.2, 0.25) is 0 Å². The normalized spacial score (nSPS) is 16.8. The summed E-state index contributed by atoms with van der Waals surface area (Å²) in [6.07, 6.45) is 4.76. The number of rotatable bonds is 7. The Morgan fingerprint density at radius 3 is 2.50 bits per heavy atom. The molecule has 0 aromatic heterocycles. The molecule has 0 atom stereocenters. The number of hydrogen-bond donors (Lipinski definition) is 2. The fraction of sp³-hybridized carbons (Fsp3) is 0.846. The smallest absolute Gasteiger partial charge is 0.313 e. The summed E-state index contributed by atoms with van der Waals surface area (Å²) in [4.78, 5) is 22.4. The van der Waals surface area contributed by atoms with Crippen LogP contribution >= 0.6 is 11.8 Å². The molecule has 0 radical (unpaired) electrons. The Hall–Kier alpha value is -0.710. The highest BCUT2D eigenvalue weighted by Crippen LogP contribution is 2.39. The number of carboxylic acids is 1. The van der Waals surface area contributed by atoms with E-state index in [0.29, 0.717) is 18.2 Å². The Balaban J connectivity index is 2.24. The van der Waals surface area contributed by atoms with Crippen LogP contribution in [0.4, 0.5) is 0 Å². The summed E-state index contributed by atoms with van der Waals surface area (Å²) >= 11 is 1.33. The Bertz CT molecular complexity index is 299. The summed E-state index contributed by atoms with van der Waals surface area (Å²) in [7, 11) is 0. The van der Waals surface area contributed by atoms with Crippen LogP contribution in [0.3, 0.4) is 0 Å². The van der Waals surface area contributed by atoms with Crippen molar-refractivity contribution >= 4 is 23.6 Å². The highest BCUT2D eigenvalue weighted by Gasteiger charge is 2.37. The lowest BCUT2D eigenvalue weighted by Gasteiger charge is -2.30. The number of carboxylic acid groups (broad SMARTS) is 1. The maximum atomic E-state index is 12.1. The average molecular weight is 273 g/mol. The molecule has 1 rings (SSSR count). The second-order valence-electron chi connectivity index (χ2n) is 5.41. The Morgan fingerprint density at radius 2 is 1.94 bits per heavy atom. The van der Waals surface area contributed by atoms with E-state index in [4.69, 9.17) is 5.11 Å². The van der Waals surface area contributed by atoms with Crippen molar-refractivity contribution < 1.29 is 14.7 Å². The number of hydrogen-bond acceptors (Lipinski definition) is 3. The van der Waals surface area contributed by atoms with Crippen LogP contribution in [0.5, 0.6) is 0 Å². The molecule has 0 heterocycles. The molecule has 1 amide bonds. The summed E-state index contributed by atoms with van der Waals surface area (Å²) in [5.41, 5.74) is -0.298. The summed E-state index contributed by atoms with van der Waals surface area (Å²) in [6, 6.07) is 0. The summed E-state index contributed by atoms with van der Waals surface area (Å²) < 4.78 is 0. The van der Waals surface area contributed by atoms with Gasteiger partial charge in [0.2, 0.25) is 5.91 Å². The van der Waals surface area contributed by atoms with Crippen LogP contribution in [-0.4, -0.2) is 35.0 Å². The topological polar surface area (TPSA) is 66.4 Å². The van der Waals surface area contributed by atoms with Crippen LogP contribution in [0, 0.1) is 11.3 Å². The third-order valence-electron chi connectivity index (χ3n) is 3.72. The minimum atomic E-state index is -0.808. The van der Waals surface area contributed by atoms with Crippen molar-refractivity contribution in [3.8, 4) is 0 Å². The lowest BCUT2D eigenvalue weighted by Crippen LogP contribution is -2.42. The van der Waals surface area contributed by atoms with E-state index in [9.17, 15) is 9.59 Å². The molecular formula is C13H23NO3S. The predicted octanol–water partition coefficient (Wildman–Crippen LogP) is 2.14. The maximum Gasteiger partial charge on any atom is 0.313 e. The molecule has 18 heavy (non-hydrogen) atoms. The molecule has 0 saturated heterocycles. The lowest BCUT2D eigenvalue weighted by molar-refractivity contribution is -0.134. The minimum Gasteiger partial charge on any atom is -0.481 e. The number of carbonyl (C=O) groups is 2. The second kappa shape index (κ2) is 7.02. The van der Waals surface area contributed by atoms with Crippen molar-refractivity contribution in [2.75, 3.05) is 18.1 Å². The minimum absolute atomic E-state index is 0.0991. The molecule has 0 aromatic carbocycles. The molecular weight excluding hydrogens is 250 g/mol. The summed E-state index contributed by atoms with van der Waals surface area (Å²) in [6.45, 7) is 4.58. The summed E-state index contributed by atoms with van der Waals surface area (Å²) in [5.74, 6) is 0.535. The van der Waals surface area contributed by atoms with Crippen LogP contribution < -0.4 is 5.32 Å². The van der Waals surface area contributed by atoms with E-state index in [0.717, 1.165) is 12.8 Å². The van der Waals surface area contributed by atoms with Gasteiger partial charge in [0.15, 0.2) is 0 Å². The standard InChI is InChI=1S/C13H23NO3S/c1-13(2,10-5-3-4-6-10)12(17)14-7-8-18-9-11(15)16/h10H,3-9H2,1-2H3,(H,14,17)(H,15,16). The van der Waals surface area contributed by atoms with Crippen LogP contribution in [0.1, 0.15) is 39.5 Å². The van der Waals surface area contributed by atoms with Crippen molar-refractivity contribution in [3.63, 3.8) is 0 Å². The molecule has 0 spiro atoms. The molecule has 0 aliphatic heterocycles. The third kappa shape index (κ3) is 4.52. The van der Waals surface area contributed by atoms with Crippen molar-refractivity contribution in [3.05, 3.63) is 0 Å². The molecule has 5 heteroatoms. The Labute approximate surface area is 113 Å². The van der Waals surface area contributed by atoms with E-state index in [1.165, 1.54) is 24.6 Å². The quantitative estimate of drug-likeness (QED) is 0.697. The molecule has 2 N–H and O–H groups in total. The number of nitrogens with one attached hydrogen (secondary N) is 1. The molecule has 0 aromatic rings. The first-order chi connectivity index (χ1) is 8.44. The number of thioether (sulfide) groups is 1. The van der Waals surface area contributed by atoms with Gasteiger partial charge in [-0.3, -0.25) is 9.59 Å². The van der Waals surface area contributed by atoms with Crippen molar-refractivity contribution in [2.24, 2.45) is 11.3 Å². The lowest BCUT2D eigenvalue weighted by atomic mass is 9.77. The molecule has 0 unspecified atom stereocenters. The van der Waals surface area contributed by atoms with Gasteiger partial charge in [0, 0.05) is 17.7 Å². The van der Waals surface area contributed by atoms with Gasteiger partial charge in [0.1, 0.15) is 0 Å². The first-order valence-electron chi connectivity index (χ1n) is 6.52. The molecule has 1 aliphatic rings. The third-order valence-corrected chi connectivity index (χ3v) is 4.66. The zero-order chi connectivity index (χ0) is 13.6. The largest absolute Gasteiger partial charge is 0.481 e. The SMILES string of the molecule is CC(C)(C(=O)NCCSCC(=O)O)C1CCCC1. The average Bonchev–Trinajstić information content (AvgIpc) is 2.81. The fourth-order valence-corrected chi connectivity index (χ4v) is 3.02. The molecule has 1 saturated carbocycles. The van der Waals surface area contributed by atoms with Gasteiger partial charge in [-0.25, -0.2) is 0 Å². The van der Waals surface area contributed by atoms with E-state index in [1.54, 1.807) is 0 Å². The van der Waals surface area contributed by atoms with Crippen LogP contribution in [0.25, 0.3) is 0 Å². The number of amides is 1. The highest BCUT2D eigenvalue weighted by atomic mass is 32.2. The van der Waals surface area contributed by atoms with Crippen LogP contribution in [0.15, 0.2) is 0 Å². The van der Waals surface area contributed by atoms with Crippen molar-refractivity contribution in [2.45, 2.75) is 39.5 Å². The second-order valence-corrected chi connectivity index (χ2v) is 6.51. The molecule has 1 fully saturated rings. The van der Waals surface area contributed by atoms with Gasteiger partial charge in [-0.05, 0) is 18.8 Å². The van der Waals surface area contributed by atoms with E-state index in [1.807, 2.05) is 13.8 Å². The van der Waals surface area contributed by atoms with E-state index < -0.39 is 5.97 Å².